The van der Waals surface area contributed by atoms with Crippen molar-refractivity contribution in [1.29, 1.82) is 0 Å². The molecule has 3 aromatic carbocycles. The van der Waals surface area contributed by atoms with Crippen molar-refractivity contribution in [2.45, 2.75) is 32.1 Å². The Morgan fingerprint density at radius 3 is 2.49 bits per heavy atom. The van der Waals surface area contributed by atoms with Crippen molar-refractivity contribution < 1.29 is 14.4 Å². The van der Waals surface area contributed by atoms with Crippen LogP contribution in [0.5, 0.6) is 0 Å². The number of amides is 3. The molecule has 0 aliphatic carbocycles. The average Bonchev–Trinajstić information content (AvgIpc) is 3.32. The maximum Gasteiger partial charge on any atom is 0.269 e. The number of anilines is 3. The molecule has 2 aliphatic heterocycles. The number of nitrogens with zero attached hydrogens (tertiary/aromatic N) is 2. The molecular formula is C28H27N3O3S. The van der Waals surface area contributed by atoms with Crippen LogP contribution in [-0.2, 0) is 25.7 Å². The van der Waals surface area contributed by atoms with Gasteiger partial charge in [-0.1, -0.05) is 61.0 Å². The predicted molar refractivity (Wildman–Crippen MR) is 141 cm³/mol. The summed E-state index contributed by atoms with van der Waals surface area (Å²) in [5.74, 6) is -0.478. The molecule has 0 bridgehead atoms. The Balaban J connectivity index is 1.51. The molecule has 2 heterocycles. The van der Waals surface area contributed by atoms with Gasteiger partial charge < -0.3 is 5.32 Å². The number of fused-ring (bicyclic) bond motifs is 2. The van der Waals surface area contributed by atoms with Crippen LogP contribution in [-0.4, -0.2) is 30.0 Å². The molecule has 2 aliphatic rings. The molecule has 0 unspecified atom stereocenters. The first kappa shape index (κ1) is 23.2. The number of hydrogen-bond donors (Lipinski definition) is 1. The molecule has 0 saturated carbocycles. The van der Waals surface area contributed by atoms with E-state index < -0.39 is 4.87 Å². The van der Waals surface area contributed by atoms with E-state index in [1.165, 1.54) is 16.7 Å². The van der Waals surface area contributed by atoms with E-state index in [0.717, 1.165) is 34.4 Å². The van der Waals surface area contributed by atoms with Crippen LogP contribution < -0.4 is 15.1 Å². The van der Waals surface area contributed by atoms with Crippen LogP contribution in [0.3, 0.4) is 0 Å². The summed E-state index contributed by atoms with van der Waals surface area (Å²) in [7, 11) is 0. The summed E-state index contributed by atoms with van der Waals surface area (Å²) in [5.41, 5.74) is 5.96. The van der Waals surface area contributed by atoms with Gasteiger partial charge in [-0.3, -0.25) is 24.2 Å². The monoisotopic (exact) mass is 485 g/mol. The Bertz CT molecular complexity index is 1340. The Morgan fingerprint density at radius 2 is 1.74 bits per heavy atom. The number of benzene rings is 3. The number of aryl methyl sites for hydroxylation is 3. The topological polar surface area (TPSA) is 69.7 Å². The fourth-order valence-electron chi connectivity index (χ4n) is 4.93. The van der Waals surface area contributed by atoms with Crippen molar-refractivity contribution in [3.05, 3.63) is 89.0 Å². The summed E-state index contributed by atoms with van der Waals surface area (Å²) >= 11 is 1.32. The van der Waals surface area contributed by atoms with Crippen molar-refractivity contribution in [2.75, 3.05) is 27.4 Å². The summed E-state index contributed by atoms with van der Waals surface area (Å²) < 4.78 is 0. The van der Waals surface area contributed by atoms with Gasteiger partial charge >= 0.3 is 0 Å². The fraction of sp³-hybridized carbons (Fsp3) is 0.250. The first-order chi connectivity index (χ1) is 16.9. The third-order valence-corrected chi connectivity index (χ3v) is 8.05. The molecule has 3 aromatic rings. The summed E-state index contributed by atoms with van der Waals surface area (Å²) in [6, 6.07) is 21.0. The van der Waals surface area contributed by atoms with Gasteiger partial charge in [0.2, 0.25) is 16.7 Å². The Morgan fingerprint density at radius 1 is 1.00 bits per heavy atom. The summed E-state index contributed by atoms with van der Waals surface area (Å²) in [6.45, 7) is 5.85. The molecule has 178 valence electrons. The number of carbonyl (C=O) groups excluding carboxylic acids is 3. The van der Waals surface area contributed by atoms with Crippen LogP contribution in [0.15, 0.2) is 66.7 Å². The van der Waals surface area contributed by atoms with Gasteiger partial charge in [-0.15, -0.1) is 11.8 Å². The van der Waals surface area contributed by atoms with E-state index in [4.69, 9.17) is 0 Å². The third-order valence-electron chi connectivity index (χ3n) is 6.66. The molecule has 0 aromatic heterocycles. The van der Waals surface area contributed by atoms with Crippen LogP contribution in [0, 0.1) is 13.8 Å². The number of hydrogen-bond acceptors (Lipinski definition) is 4. The van der Waals surface area contributed by atoms with Crippen molar-refractivity contribution >= 4 is 46.5 Å². The van der Waals surface area contributed by atoms with Crippen LogP contribution in [0.25, 0.3) is 0 Å². The Labute approximate surface area is 209 Å². The van der Waals surface area contributed by atoms with E-state index in [0.29, 0.717) is 11.4 Å². The van der Waals surface area contributed by atoms with Gasteiger partial charge in [0.1, 0.15) is 6.54 Å². The lowest BCUT2D eigenvalue weighted by atomic mass is 10.0. The molecule has 1 N–H and O–H groups in total. The highest BCUT2D eigenvalue weighted by Gasteiger charge is 2.61. The SMILES string of the molecule is CCc1cccc(C)c1NC(=O)CN1C(=O)[C@@]2(SCC(=O)N2c2ccc(C)cc2)c2ccccc21. The van der Waals surface area contributed by atoms with Crippen LogP contribution in [0.1, 0.15) is 29.2 Å². The standard InChI is InChI=1S/C28H27N3O3S/c1-4-20-9-7-8-19(3)26(20)29-24(32)16-30-23-11-6-5-10-22(23)28(27(30)34)31(25(33)17-35-28)21-14-12-18(2)13-15-21/h5-15H,4,16-17H2,1-3H3,(H,29,32)/t28-/m0/s1. The molecule has 6 nitrogen and oxygen atoms in total. The summed E-state index contributed by atoms with van der Waals surface area (Å²) in [6.07, 6.45) is 0.788. The van der Waals surface area contributed by atoms with Gasteiger partial charge in [-0.2, -0.15) is 0 Å². The number of para-hydroxylation sites is 2. The molecule has 1 spiro atoms. The number of carbonyl (C=O) groups is 3. The van der Waals surface area contributed by atoms with E-state index in [9.17, 15) is 14.4 Å². The molecule has 7 heteroatoms. The smallest absolute Gasteiger partial charge is 0.269 e. The van der Waals surface area contributed by atoms with Crippen molar-refractivity contribution in [1.82, 2.24) is 0 Å². The number of rotatable bonds is 5. The van der Waals surface area contributed by atoms with Crippen molar-refractivity contribution in [2.24, 2.45) is 0 Å². The quantitative estimate of drug-likeness (QED) is 0.565. The lowest BCUT2D eigenvalue weighted by molar-refractivity contribution is -0.124. The van der Waals surface area contributed by atoms with E-state index >= 15 is 0 Å². The zero-order valence-corrected chi connectivity index (χ0v) is 20.8. The maximum absolute atomic E-state index is 14.1. The molecule has 35 heavy (non-hydrogen) atoms. The van der Waals surface area contributed by atoms with Crippen LogP contribution >= 0.6 is 11.8 Å². The van der Waals surface area contributed by atoms with Gasteiger partial charge in [-0.05, 0) is 49.6 Å². The maximum atomic E-state index is 14.1. The normalized spacial score (nSPS) is 18.9. The molecule has 5 rings (SSSR count). The largest absolute Gasteiger partial charge is 0.324 e. The van der Waals surface area contributed by atoms with Crippen LogP contribution in [0.4, 0.5) is 17.1 Å². The minimum Gasteiger partial charge on any atom is -0.324 e. The molecule has 1 saturated heterocycles. The van der Waals surface area contributed by atoms with Gasteiger partial charge in [0.25, 0.3) is 5.91 Å². The van der Waals surface area contributed by atoms with Gasteiger partial charge in [-0.25, -0.2) is 0 Å². The highest BCUT2D eigenvalue weighted by Crippen LogP contribution is 2.55. The summed E-state index contributed by atoms with van der Waals surface area (Å²) in [4.78, 5) is 42.3. The molecular weight excluding hydrogens is 458 g/mol. The molecule has 1 atom stereocenters. The number of thioether (sulfide) groups is 1. The van der Waals surface area contributed by atoms with Gasteiger partial charge in [0.15, 0.2) is 0 Å². The average molecular weight is 486 g/mol. The van der Waals surface area contributed by atoms with E-state index in [1.807, 2.05) is 87.5 Å². The van der Waals surface area contributed by atoms with E-state index in [2.05, 4.69) is 5.32 Å². The first-order valence-electron chi connectivity index (χ1n) is 11.7. The Kier molecular flexibility index (Phi) is 5.89. The third kappa shape index (κ3) is 3.71. The molecule has 0 radical (unpaired) electrons. The van der Waals surface area contributed by atoms with E-state index in [-0.39, 0.29) is 30.0 Å². The molecule has 1 fully saturated rings. The highest BCUT2D eigenvalue weighted by molar-refractivity contribution is 8.02. The zero-order chi connectivity index (χ0) is 24.7. The second-order valence-electron chi connectivity index (χ2n) is 8.92. The number of nitrogens with one attached hydrogen (secondary N) is 1. The minimum absolute atomic E-state index is 0.124. The van der Waals surface area contributed by atoms with Crippen LogP contribution in [0.2, 0.25) is 0 Å². The minimum atomic E-state index is -1.22. The van der Waals surface area contributed by atoms with Crippen molar-refractivity contribution in [3.8, 4) is 0 Å². The van der Waals surface area contributed by atoms with Gasteiger partial charge in [0, 0.05) is 16.9 Å². The predicted octanol–water partition coefficient (Wildman–Crippen LogP) is 4.78. The Hall–Kier alpha value is -3.58. The lowest BCUT2D eigenvalue weighted by Crippen LogP contribution is -2.50. The first-order valence-corrected chi connectivity index (χ1v) is 12.7. The fourth-order valence-corrected chi connectivity index (χ4v) is 6.29. The molecule has 3 amide bonds. The lowest BCUT2D eigenvalue weighted by Gasteiger charge is -2.33. The second kappa shape index (κ2) is 8.89. The second-order valence-corrected chi connectivity index (χ2v) is 10.1. The van der Waals surface area contributed by atoms with Gasteiger partial charge in [0.05, 0.1) is 11.4 Å². The highest BCUT2D eigenvalue weighted by atomic mass is 32.2. The summed E-state index contributed by atoms with van der Waals surface area (Å²) in [5, 5.41) is 3.02. The zero-order valence-electron chi connectivity index (χ0n) is 20.0. The van der Waals surface area contributed by atoms with E-state index in [1.54, 1.807) is 4.90 Å². The van der Waals surface area contributed by atoms with Crippen molar-refractivity contribution in [3.63, 3.8) is 0 Å².